The van der Waals surface area contributed by atoms with Crippen LogP contribution in [0.4, 0.5) is 0 Å². The molecule has 0 spiro atoms. The molecule has 0 aromatic carbocycles. The van der Waals surface area contributed by atoms with Gasteiger partial charge < -0.3 is 15.2 Å². The number of carbonyl (C=O) groups is 3. The SMILES string of the molecule is CC(=O)NC[C@H](C)C[C@@H]1C(=O)C(C)=C2[C@]1(O)C[C@@H]1[C@H]3CC=C4C[C@@H](OC(C)=O)CC[C@]4(C)[C@@H]3CC[C@]21C. The van der Waals surface area contributed by atoms with Gasteiger partial charge in [0, 0.05) is 26.8 Å². The van der Waals surface area contributed by atoms with E-state index in [1.807, 2.05) is 6.92 Å². The van der Waals surface area contributed by atoms with E-state index in [1.165, 1.54) is 19.4 Å². The highest BCUT2D eigenvalue weighted by Gasteiger charge is 2.68. The standard InChI is InChI=1S/C31H45NO5/c1-17(16-32-19(3)33)13-25-27(35)18(2)28-30(6)12-10-24-23(26(30)15-31(25,28)36)8-7-21-14-22(37-20(4)34)9-11-29(21,24)5/h7,17,22-26,36H,8-16H2,1-6H3,(H,32,33)/t17-,22+,23+,24-,25-,26-,29+,30+,31+/m1/s1. The topological polar surface area (TPSA) is 92.7 Å². The summed E-state index contributed by atoms with van der Waals surface area (Å²) in [7, 11) is 0. The number of hydrogen-bond acceptors (Lipinski definition) is 5. The maximum Gasteiger partial charge on any atom is 0.302 e. The zero-order chi connectivity index (χ0) is 26.9. The smallest absolute Gasteiger partial charge is 0.302 e. The molecule has 3 saturated carbocycles. The van der Waals surface area contributed by atoms with E-state index in [0.29, 0.717) is 37.1 Å². The first-order valence-electron chi connectivity index (χ1n) is 14.4. The van der Waals surface area contributed by atoms with Gasteiger partial charge in [0.1, 0.15) is 6.10 Å². The average Bonchev–Trinajstić information content (AvgIpc) is 3.17. The van der Waals surface area contributed by atoms with Gasteiger partial charge in [-0.1, -0.05) is 32.4 Å². The van der Waals surface area contributed by atoms with Crippen molar-refractivity contribution in [2.24, 2.45) is 40.4 Å². The second-order valence-electron chi connectivity index (χ2n) is 13.5. The fourth-order valence-corrected chi connectivity index (χ4v) is 9.68. The minimum absolute atomic E-state index is 0.00663. The quantitative estimate of drug-likeness (QED) is 0.405. The first-order chi connectivity index (χ1) is 17.3. The monoisotopic (exact) mass is 511 g/mol. The van der Waals surface area contributed by atoms with Gasteiger partial charge in [0.05, 0.1) is 11.5 Å². The number of carbonyl (C=O) groups excluding carboxylic acids is 3. The maximum atomic E-state index is 13.5. The summed E-state index contributed by atoms with van der Waals surface area (Å²) in [4.78, 5) is 36.5. The Morgan fingerprint density at radius 1 is 1.16 bits per heavy atom. The lowest BCUT2D eigenvalue weighted by molar-refractivity contribution is -0.148. The normalized spacial score (nSPS) is 43.3. The van der Waals surface area contributed by atoms with E-state index >= 15 is 0 Å². The number of allylic oxidation sites excluding steroid dienone is 2. The number of ether oxygens (including phenoxy) is 1. The molecule has 6 nitrogen and oxygen atoms in total. The van der Waals surface area contributed by atoms with E-state index in [4.69, 9.17) is 4.74 Å². The van der Waals surface area contributed by atoms with Crippen molar-refractivity contribution in [3.05, 3.63) is 22.8 Å². The molecule has 0 unspecified atom stereocenters. The molecule has 2 N–H and O–H groups in total. The Morgan fingerprint density at radius 3 is 2.54 bits per heavy atom. The Hall–Kier alpha value is -1.95. The zero-order valence-corrected chi connectivity index (χ0v) is 23.5. The van der Waals surface area contributed by atoms with Gasteiger partial charge in [-0.15, -0.1) is 0 Å². The van der Waals surface area contributed by atoms with Crippen LogP contribution in [-0.2, 0) is 19.1 Å². The molecule has 0 aliphatic heterocycles. The highest BCUT2D eigenvalue weighted by atomic mass is 16.5. The lowest BCUT2D eigenvalue weighted by Gasteiger charge is -2.57. The molecule has 1 amide bonds. The van der Waals surface area contributed by atoms with Crippen LogP contribution in [0.3, 0.4) is 0 Å². The van der Waals surface area contributed by atoms with Crippen molar-refractivity contribution in [3.8, 4) is 0 Å². The predicted octanol–water partition coefficient (Wildman–Crippen LogP) is 4.90. The third-order valence-electron chi connectivity index (χ3n) is 11.3. The zero-order valence-electron chi connectivity index (χ0n) is 23.5. The van der Waals surface area contributed by atoms with Gasteiger partial charge in [-0.25, -0.2) is 0 Å². The number of aliphatic hydroxyl groups is 1. The van der Waals surface area contributed by atoms with E-state index in [9.17, 15) is 19.5 Å². The van der Waals surface area contributed by atoms with E-state index < -0.39 is 11.5 Å². The van der Waals surface area contributed by atoms with Crippen molar-refractivity contribution >= 4 is 17.7 Å². The predicted molar refractivity (Wildman–Crippen MR) is 141 cm³/mol. The molecule has 3 fully saturated rings. The van der Waals surface area contributed by atoms with E-state index in [1.54, 1.807) is 0 Å². The number of rotatable bonds is 5. The molecular weight excluding hydrogens is 466 g/mol. The molecule has 0 aromatic heterocycles. The van der Waals surface area contributed by atoms with E-state index in [-0.39, 0.29) is 40.5 Å². The summed E-state index contributed by atoms with van der Waals surface area (Å²) in [6.45, 7) is 12.3. The average molecular weight is 512 g/mol. The van der Waals surface area contributed by atoms with Crippen molar-refractivity contribution in [2.75, 3.05) is 6.54 Å². The second kappa shape index (κ2) is 9.07. The first-order valence-corrected chi connectivity index (χ1v) is 14.4. The van der Waals surface area contributed by atoms with Crippen LogP contribution < -0.4 is 5.32 Å². The summed E-state index contributed by atoms with van der Waals surface area (Å²) >= 11 is 0. The van der Waals surface area contributed by atoms with Crippen LogP contribution in [0.2, 0.25) is 0 Å². The minimum Gasteiger partial charge on any atom is -0.462 e. The molecular formula is C31H45NO5. The van der Waals surface area contributed by atoms with Crippen molar-refractivity contribution in [3.63, 3.8) is 0 Å². The lowest BCUT2D eigenvalue weighted by atomic mass is 9.47. The fraction of sp³-hybridized carbons (Fsp3) is 0.774. The largest absolute Gasteiger partial charge is 0.462 e. The number of amides is 1. The number of ketones is 1. The van der Waals surface area contributed by atoms with Gasteiger partial charge in [-0.2, -0.15) is 0 Å². The molecule has 9 atom stereocenters. The molecule has 5 rings (SSSR count). The fourth-order valence-electron chi connectivity index (χ4n) is 9.68. The molecule has 204 valence electrons. The van der Waals surface area contributed by atoms with Crippen molar-refractivity contribution < 1.29 is 24.2 Å². The number of nitrogens with one attached hydrogen (secondary N) is 1. The highest BCUT2D eigenvalue weighted by Crippen LogP contribution is 2.71. The van der Waals surface area contributed by atoms with Crippen LogP contribution in [-0.4, -0.2) is 41.0 Å². The third kappa shape index (κ3) is 4.04. The van der Waals surface area contributed by atoms with Gasteiger partial charge in [0.2, 0.25) is 5.91 Å². The molecule has 0 radical (unpaired) electrons. The summed E-state index contributed by atoms with van der Waals surface area (Å²) in [5.74, 6) is 0.935. The number of hydrogen-bond donors (Lipinski definition) is 2. The molecule has 6 heteroatoms. The molecule has 0 heterocycles. The Kier molecular flexibility index (Phi) is 6.53. The Labute approximate surface area is 221 Å². The molecule has 5 aliphatic carbocycles. The van der Waals surface area contributed by atoms with Crippen molar-refractivity contribution in [1.82, 2.24) is 5.32 Å². The third-order valence-corrected chi connectivity index (χ3v) is 11.3. The number of fused-ring (bicyclic) bond motifs is 7. The molecule has 37 heavy (non-hydrogen) atoms. The summed E-state index contributed by atoms with van der Waals surface area (Å²) in [5.41, 5.74) is 2.18. The second-order valence-corrected chi connectivity index (χ2v) is 13.5. The molecule has 0 saturated heterocycles. The van der Waals surface area contributed by atoms with Crippen LogP contribution in [0, 0.1) is 40.4 Å². The Morgan fingerprint density at radius 2 is 1.86 bits per heavy atom. The maximum absolute atomic E-state index is 13.5. The Balaban J connectivity index is 1.42. The van der Waals surface area contributed by atoms with Crippen molar-refractivity contribution in [2.45, 2.75) is 105 Å². The summed E-state index contributed by atoms with van der Waals surface area (Å²) < 4.78 is 5.59. The summed E-state index contributed by atoms with van der Waals surface area (Å²) in [6, 6.07) is 0. The summed E-state index contributed by atoms with van der Waals surface area (Å²) in [5, 5.41) is 15.2. The molecule has 5 aliphatic rings. The first kappa shape index (κ1) is 26.6. The highest BCUT2D eigenvalue weighted by molar-refractivity contribution is 6.02. The van der Waals surface area contributed by atoms with Crippen molar-refractivity contribution in [1.29, 1.82) is 0 Å². The minimum atomic E-state index is -1.07. The van der Waals surface area contributed by atoms with Gasteiger partial charge in [-0.05, 0) is 97.5 Å². The van der Waals surface area contributed by atoms with Crippen LogP contribution in [0.25, 0.3) is 0 Å². The number of esters is 1. The van der Waals surface area contributed by atoms with Gasteiger partial charge >= 0.3 is 5.97 Å². The Bertz CT molecular complexity index is 1080. The molecule has 0 aromatic rings. The van der Waals surface area contributed by atoms with E-state index in [2.05, 4.69) is 32.2 Å². The molecule has 0 bridgehead atoms. The van der Waals surface area contributed by atoms with E-state index in [0.717, 1.165) is 49.7 Å². The number of Topliss-reactive ketones (excluding diaryl/α,β-unsaturated/α-hetero) is 1. The van der Waals surface area contributed by atoms with Gasteiger partial charge in [-0.3, -0.25) is 14.4 Å². The van der Waals surface area contributed by atoms with Crippen LogP contribution in [0.15, 0.2) is 22.8 Å². The van der Waals surface area contributed by atoms with Gasteiger partial charge in [0.25, 0.3) is 0 Å². The van der Waals surface area contributed by atoms with Gasteiger partial charge in [0.15, 0.2) is 5.78 Å². The van der Waals surface area contributed by atoms with Crippen LogP contribution in [0.5, 0.6) is 0 Å². The van der Waals surface area contributed by atoms with Crippen LogP contribution >= 0.6 is 0 Å². The van der Waals surface area contributed by atoms with Crippen LogP contribution in [0.1, 0.15) is 92.9 Å². The summed E-state index contributed by atoms with van der Waals surface area (Å²) in [6.07, 6.45) is 9.58. The lowest BCUT2D eigenvalue weighted by Crippen LogP contribution is -2.49.